The molecular weight excluding hydrogens is 302 g/mol. The number of nitrogens with one attached hydrogen (secondary N) is 1. The first-order chi connectivity index (χ1) is 11.8. The van der Waals surface area contributed by atoms with Gasteiger partial charge in [0.1, 0.15) is 0 Å². The van der Waals surface area contributed by atoms with E-state index in [-0.39, 0.29) is 6.04 Å². The Labute approximate surface area is 145 Å². The van der Waals surface area contributed by atoms with Crippen LogP contribution >= 0.6 is 0 Å². The third kappa shape index (κ3) is 3.51. The highest BCUT2D eigenvalue weighted by Gasteiger charge is 2.36. The predicted molar refractivity (Wildman–Crippen MR) is 96.9 cm³/mol. The lowest BCUT2D eigenvalue weighted by Gasteiger charge is -2.32. The lowest BCUT2D eigenvalue weighted by atomic mass is 9.86. The number of benzene rings is 1. The van der Waals surface area contributed by atoms with Crippen molar-refractivity contribution < 1.29 is 9.47 Å². The summed E-state index contributed by atoms with van der Waals surface area (Å²) in [5.41, 5.74) is 5.90. The summed E-state index contributed by atoms with van der Waals surface area (Å²) in [5, 5.41) is 4.60. The molecular formula is C19H29N3O2. The molecule has 2 aliphatic rings. The number of likely N-dealkylation sites (tertiary alicyclic amines) is 1. The van der Waals surface area contributed by atoms with E-state index in [9.17, 15) is 0 Å². The fraction of sp³-hybridized carbons (Fsp3) is 0.632. The minimum absolute atomic E-state index is 0.230. The molecule has 0 spiro atoms. The number of ether oxygens (including phenoxy) is 2. The Balaban J connectivity index is 1.80. The summed E-state index contributed by atoms with van der Waals surface area (Å²) in [6.45, 7) is 11.0. The smallest absolute Gasteiger partial charge is 0.161 e. The lowest BCUT2D eigenvalue weighted by Crippen LogP contribution is -2.41. The molecule has 2 aliphatic heterocycles. The van der Waals surface area contributed by atoms with E-state index in [0.717, 1.165) is 44.0 Å². The number of hydrogen-bond donors (Lipinski definition) is 1. The standard InChI is InChI=1S/C19H29N3O2/c1-4-11-24-17-8-7-14(12-18(17)23-6-3)19-15-13-22(5-2)10-9-16(15)20-21-19/h7-8,12,15,19,21H,4-6,9-11,13H2,1-3H3. The van der Waals surface area contributed by atoms with E-state index in [4.69, 9.17) is 9.47 Å². The Morgan fingerprint density at radius 1 is 1.21 bits per heavy atom. The van der Waals surface area contributed by atoms with Gasteiger partial charge in [0.15, 0.2) is 11.5 Å². The van der Waals surface area contributed by atoms with Crippen molar-refractivity contribution in [2.75, 3.05) is 32.8 Å². The van der Waals surface area contributed by atoms with Crippen LogP contribution in [0.4, 0.5) is 0 Å². The van der Waals surface area contributed by atoms with E-state index in [1.165, 1.54) is 11.3 Å². The van der Waals surface area contributed by atoms with Gasteiger partial charge in [-0.25, -0.2) is 0 Å². The van der Waals surface area contributed by atoms with Gasteiger partial charge in [-0.15, -0.1) is 0 Å². The molecule has 0 radical (unpaired) electrons. The number of hydrazone groups is 1. The van der Waals surface area contributed by atoms with E-state index < -0.39 is 0 Å². The molecule has 1 aromatic rings. The van der Waals surface area contributed by atoms with Crippen molar-refractivity contribution in [1.29, 1.82) is 0 Å². The fourth-order valence-electron chi connectivity index (χ4n) is 3.52. The van der Waals surface area contributed by atoms with Gasteiger partial charge in [-0.3, -0.25) is 0 Å². The zero-order valence-electron chi connectivity index (χ0n) is 15.0. The van der Waals surface area contributed by atoms with Crippen LogP contribution in [0.3, 0.4) is 0 Å². The van der Waals surface area contributed by atoms with Gasteiger partial charge in [0, 0.05) is 31.1 Å². The Bertz CT molecular complexity index is 588. The van der Waals surface area contributed by atoms with Crippen molar-refractivity contribution in [3.63, 3.8) is 0 Å². The van der Waals surface area contributed by atoms with Crippen molar-refractivity contribution in [2.45, 2.75) is 39.7 Å². The lowest BCUT2D eigenvalue weighted by molar-refractivity contribution is 0.238. The van der Waals surface area contributed by atoms with Crippen LogP contribution in [0.1, 0.15) is 45.2 Å². The Morgan fingerprint density at radius 2 is 2.08 bits per heavy atom. The molecule has 1 N–H and O–H groups in total. The molecule has 3 rings (SSSR count). The fourth-order valence-corrected chi connectivity index (χ4v) is 3.52. The van der Waals surface area contributed by atoms with E-state index in [1.807, 2.05) is 13.0 Å². The first-order valence-corrected chi connectivity index (χ1v) is 9.20. The summed E-state index contributed by atoms with van der Waals surface area (Å²) in [4.78, 5) is 2.51. The van der Waals surface area contributed by atoms with Gasteiger partial charge in [-0.2, -0.15) is 5.10 Å². The van der Waals surface area contributed by atoms with Crippen molar-refractivity contribution in [1.82, 2.24) is 10.3 Å². The molecule has 0 amide bonds. The molecule has 5 heteroatoms. The molecule has 0 saturated carbocycles. The zero-order valence-corrected chi connectivity index (χ0v) is 15.0. The Morgan fingerprint density at radius 3 is 2.83 bits per heavy atom. The number of fused-ring (bicyclic) bond motifs is 1. The quantitative estimate of drug-likeness (QED) is 0.833. The molecule has 1 aromatic carbocycles. The summed E-state index contributed by atoms with van der Waals surface area (Å²) in [7, 11) is 0. The van der Waals surface area contributed by atoms with Crippen LogP contribution in [0.2, 0.25) is 0 Å². The molecule has 2 heterocycles. The third-order valence-corrected chi connectivity index (χ3v) is 4.85. The monoisotopic (exact) mass is 331 g/mol. The first-order valence-electron chi connectivity index (χ1n) is 9.20. The maximum atomic E-state index is 5.82. The van der Waals surface area contributed by atoms with Crippen LogP contribution in [0.5, 0.6) is 11.5 Å². The summed E-state index contributed by atoms with van der Waals surface area (Å²) in [5.74, 6) is 2.12. The summed E-state index contributed by atoms with van der Waals surface area (Å²) < 4.78 is 11.6. The second-order valence-electron chi connectivity index (χ2n) is 6.45. The summed E-state index contributed by atoms with van der Waals surface area (Å²) in [6, 6.07) is 6.54. The van der Waals surface area contributed by atoms with Crippen LogP contribution in [0, 0.1) is 5.92 Å². The van der Waals surface area contributed by atoms with Crippen molar-refractivity contribution in [3.8, 4) is 11.5 Å². The number of rotatable bonds is 7. The van der Waals surface area contributed by atoms with E-state index in [2.05, 4.69) is 41.4 Å². The predicted octanol–water partition coefficient (Wildman–Crippen LogP) is 3.22. The molecule has 1 fully saturated rings. The van der Waals surface area contributed by atoms with Gasteiger partial charge in [-0.05, 0) is 37.6 Å². The molecule has 2 atom stereocenters. The number of hydrogen-bond acceptors (Lipinski definition) is 5. The maximum Gasteiger partial charge on any atom is 0.161 e. The number of piperidine rings is 1. The largest absolute Gasteiger partial charge is 0.490 e. The van der Waals surface area contributed by atoms with Crippen molar-refractivity contribution in [2.24, 2.45) is 11.0 Å². The Kier molecular flexibility index (Phi) is 5.61. The van der Waals surface area contributed by atoms with Gasteiger partial charge < -0.3 is 19.8 Å². The van der Waals surface area contributed by atoms with Gasteiger partial charge in [0.05, 0.1) is 19.3 Å². The highest BCUT2D eigenvalue weighted by atomic mass is 16.5. The second kappa shape index (κ2) is 7.88. The van der Waals surface area contributed by atoms with Crippen LogP contribution < -0.4 is 14.9 Å². The van der Waals surface area contributed by atoms with Gasteiger partial charge in [0.25, 0.3) is 0 Å². The summed E-state index contributed by atoms with van der Waals surface area (Å²) in [6.07, 6.45) is 2.06. The zero-order chi connectivity index (χ0) is 16.9. The molecule has 0 aliphatic carbocycles. The Hall–Kier alpha value is -1.75. The highest BCUT2D eigenvalue weighted by molar-refractivity contribution is 5.90. The van der Waals surface area contributed by atoms with Crippen LogP contribution in [0.25, 0.3) is 0 Å². The minimum atomic E-state index is 0.230. The SMILES string of the molecule is CCCOc1ccc(C2NN=C3CCN(CC)CC32)cc1OCC. The molecule has 0 aromatic heterocycles. The van der Waals surface area contributed by atoms with Crippen LogP contribution in [-0.4, -0.2) is 43.5 Å². The average Bonchev–Trinajstić information content (AvgIpc) is 3.03. The average molecular weight is 331 g/mol. The van der Waals surface area contributed by atoms with Gasteiger partial charge >= 0.3 is 0 Å². The summed E-state index contributed by atoms with van der Waals surface area (Å²) >= 11 is 0. The maximum absolute atomic E-state index is 5.82. The van der Waals surface area contributed by atoms with E-state index in [0.29, 0.717) is 19.1 Å². The molecule has 5 nitrogen and oxygen atoms in total. The normalized spacial score (nSPS) is 23.4. The minimum Gasteiger partial charge on any atom is -0.490 e. The van der Waals surface area contributed by atoms with Gasteiger partial charge in [-0.1, -0.05) is 19.9 Å². The van der Waals surface area contributed by atoms with Crippen molar-refractivity contribution >= 4 is 5.71 Å². The number of nitrogens with zero attached hydrogens (tertiary/aromatic N) is 2. The topological polar surface area (TPSA) is 46.1 Å². The first kappa shape index (κ1) is 17.1. The van der Waals surface area contributed by atoms with Crippen LogP contribution in [-0.2, 0) is 0 Å². The molecule has 2 unspecified atom stereocenters. The van der Waals surface area contributed by atoms with Gasteiger partial charge in [0.2, 0.25) is 0 Å². The highest BCUT2D eigenvalue weighted by Crippen LogP contribution is 2.37. The van der Waals surface area contributed by atoms with E-state index >= 15 is 0 Å². The molecule has 1 saturated heterocycles. The van der Waals surface area contributed by atoms with E-state index in [1.54, 1.807) is 0 Å². The van der Waals surface area contributed by atoms with Crippen molar-refractivity contribution in [3.05, 3.63) is 23.8 Å². The molecule has 24 heavy (non-hydrogen) atoms. The van der Waals surface area contributed by atoms with Crippen LogP contribution in [0.15, 0.2) is 23.3 Å². The molecule has 132 valence electrons. The molecule has 0 bridgehead atoms. The third-order valence-electron chi connectivity index (χ3n) is 4.85. The second-order valence-corrected chi connectivity index (χ2v) is 6.45.